The lowest BCUT2D eigenvalue weighted by atomic mass is 10.2. The summed E-state index contributed by atoms with van der Waals surface area (Å²) in [5.41, 5.74) is 0.598. The SMILES string of the molecule is COc1ccc(S(=O)(=O)NC(CO)C(=O)O)cc1C. The number of hydrogen-bond donors (Lipinski definition) is 3. The molecule has 1 aromatic rings. The van der Waals surface area contributed by atoms with Gasteiger partial charge < -0.3 is 14.9 Å². The molecule has 106 valence electrons. The Hall–Kier alpha value is -1.64. The number of aliphatic hydroxyl groups is 1. The lowest BCUT2D eigenvalue weighted by Gasteiger charge is -2.13. The van der Waals surface area contributed by atoms with Gasteiger partial charge in [-0.15, -0.1) is 0 Å². The van der Waals surface area contributed by atoms with Crippen molar-refractivity contribution in [3.8, 4) is 5.75 Å². The Morgan fingerprint density at radius 1 is 1.47 bits per heavy atom. The normalized spacial score (nSPS) is 13.0. The molecule has 1 aromatic carbocycles. The van der Waals surface area contributed by atoms with E-state index in [1.54, 1.807) is 6.92 Å². The van der Waals surface area contributed by atoms with Crippen molar-refractivity contribution in [1.29, 1.82) is 0 Å². The maximum atomic E-state index is 11.9. The van der Waals surface area contributed by atoms with Gasteiger partial charge >= 0.3 is 5.97 Å². The summed E-state index contributed by atoms with van der Waals surface area (Å²) in [6.45, 7) is 0.836. The number of hydrogen-bond acceptors (Lipinski definition) is 5. The lowest BCUT2D eigenvalue weighted by Crippen LogP contribution is -2.43. The average molecular weight is 289 g/mol. The number of methoxy groups -OCH3 is 1. The molecule has 0 amide bonds. The summed E-state index contributed by atoms with van der Waals surface area (Å²) in [5.74, 6) is -0.924. The number of sulfonamides is 1. The van der Waals surface area contributed by atoms with E-state index in [-0.39, 0.29) is 4.90 Å². The summed E-state index contributed by atoms with van der Waals surface area (Å²) in [7, 11) is -2.55. The van der Waals surface area contributed by atoms with Crippen molar-refractivity contribution in [2.75, 3.05) is 13.7 Å². The van der Waals surface area contributed by atoms with Crippen LogP contribution in [0.5, 0.6) is 5.75 Å². The first-order valence-electron chi connectivity index (χ1n) is 5.32. The molecule has 0 spiro atoms. The van der Waals surface area contributed by atoms with Crippen LogP contribution in [0.15, 0.2) is 23.1 Å². The first-order chi connectivity index (χ1) is 8.81. The molecule has 0 aromatic heterocycles. The number of aryl methyl sites for hydroxylation is 1. The van der Waals surface area contributed by atoms with Crippen molar-refractivity contribution in [3.05, 3.63) is 23.8 Å². The van der Waals surface area contributed by atoms with Gasteiger partial charge in [0, 0.05) is 0 Å². The molecule has 19 heavy (non-hydrogen) atoms. The summed E-state index contributed by atoms with van der Waals surface area (Å²) in [4.78, 5) is 10.6. The molecule has 7 nitrogen and oxygen atoms in total. The largest absolute Gasteiger partial charge is 0.496 e. The average Bonchev–Trinajstić information content (AvgIpc) is 2.35. The molecule has 0 fully saturated rings. The highest BCUT2D eigenvalue weighted by atomic mass is 32.2. The van der Waals surface area contributed by atoms with Gasteiger partial charge in [0.2, 0.25) is 10.0 Å². The van der Waals surface area contributed by atoms with Crippen LogP contribution in [0.25, 0.3) is 0 Å². The molecule has 0 saturated heterocycles. The predicted octanol–water partition coefficient (Wildman–Crippen LogP) is -0.273. The Kier molecular flexibility index (Phi) is 4.87. The standard InChI is InChI=1S/C11H15NO6S/c1-7-5-8(3-4-10(7)18-2)19(16,17)12-9(6-13)11(14)15/h3-5,9,12-13H,6H2,1-2H3,(H,14,15). The van der Waals surface area contributed by atoms with Crippen LogP contribution in [0.1, 0.15) is 5.56 Å². The maximum absolute atomic E-state index is 11.9. The van der Waals surface area contributed by atoms with Crippen molar-refractivity contribution in [1.82, 2.24) is 4.72 Å². The highest BCUT2D eigenvalue weighted by molar-refractivity contribution is 7.89. The third-order valence-electron chi connectivity index (χ3n) is 2.45. The van der Waals surface area contributed by atoms with Gasteiger partial charge in [0.25, 0.3) is 0 Å². The van der Waals surface area contributed by atoms with E-state index in [2.05, 4.69) is 0 Å². The van der Waals surface area contributed by atoms with Crippen LogP contribution in [0.2, 0.25) is 0 Å². The molecule has 0 bridgehead atoms. The molecule has 3 N–H and O–H groups in total. The van der Waals surface area contributed by atoms with Gasteiger partial charge in [-0.1, -0.05) is 0 Å². The zero-order valence-electron chi connectivity index (χ0n) is 10.5. The second-order valence-electron chi connectivity index (χ2n) is 3.83. The topological polar surface area (TPSA) is 113 Å². The monoisotopic (exact) mass is 289 g/mol. The highest BCUT2D eigenvalue weighted by Crippen LogP contribution is 2.21. The Balaban J connectivity index is 3.07. The number of benzene rings is 1. The molecule has 0 saturated carbocycles. The minimum atomic E-state index is -4.01. The summed E-state index contributed by atoms with van der Waals surface area (Å²) in [6, 6.07) is 2.55. The summed E-state index contributed by atoms with van der Waals surface area (Å²) in [6.07, 6.45) is 0. The predicted molar refractivity (Wildman–Crippen MR) is 66.6 cm³/mol. The van der Waals surface area contributed by atoms with E-state index in [1.165, 1.54) is 25.3 Å². The molecular formula is C11H15NO6S. The Bertz CT molecular complexity index is 569. The lowest BCUT2D eigenvalue weighted by molar-refractivity contribution is -0.139. The zero-order chi connectivity index (χ0) is 14.6. The molecule has 0 radical (unpaired) electrons. The van der Waals surface area contributed by atoms with Gasteiger partial charge in [-0.2, -0.15) is 4.72 Å². The minimum absolute atomic E-state index is 0.0921. The quantitative estimate of drug-likeness (QED) is 0.664. The second kappa shape index (κ2) is 6.00. The van der Waals surface area contributed by atoms with Crippen LogP contribution in [-0.2, 0) is 14.8 Å². The third-order valence-corrected chi connectivity index (χ3v) is 3.92. The van der Waals surface area contributed by atoms with Crippen LogP contribution in [0.3, 0.4) is 0 Å². The van der Waals surface area contributed by atoms with Crippen LogP contribution < -0.4 is 9.46 Å². The van der Waals surface area contributed by atoms with E-state index in [1.807, 2.05) is 4.72 Å². The van der Waals surface area contributed by atoms with Crippen molar-refractivity contribution < 1.29 is 28.2 Å². The van der Waals surface area contributed by atoms with Crippen molar-refractivity contribution in [2.24, 2.45) is 0 Å². The number of aliphatic carboxylic acids is 1. The molecular weight excluding hydrogens is 274 g/mol. The van der Waals surface area contributed by atoms with Crippen LogP contribution in [-0.4, -0.2) is 44.4 Å². The fourth-order valence-corrected chi connectivity index (χ4v) is 2.70. The van der Waals surface area contributed by atoms with Gasteiger partial charge in [0.1, 0.15) is 11.8 Å². The smallest absolute Gasteiger partial charge is 0.324 e. The highest BCUT2D eigenvalue weighted by Gasteiger charge is 2.25. The summed E-state index contributed by atoms with van der Waals surface area (Å²) >= 11 is 0. The number of nitrogens with one attached hydrogen (secondary N) is 1. The van der Waals surface area contributed by atoms with Gasteiger partial charge in [-0.25, -0.2) is 8.42 Å². The number of aliphatic hydroxyl groups excluding tert-OH is 1. The number of rotatable bonds is 6. The van der Waals surface area contributed by atoms with Crippen molar-refractivity contribution >= 4 is 16.0 Å². The van der Waals surface area contributed by atoms with Crippen LogP contribution >= 0.6 is 0 Å². The van der Waals surface area contributed by atoms with Gasteiger partial charge in [-0.3, -0.25) is 4.79 Å². The Labute approximate surface area is 110 Å². The third kappa shape index (κ3) is 3.66. The fourth-order valence-electron chi connectivity index (χ4n) is 1.44. The Morgan fingerprint density at radius 2 is 2.11 bits per heavy atom. The Morgan fingerprint density at radius 3 is 2.53 bits per heavy atom. The number of carbonyl (C=O) groups is 1. The van der Waals surface area contributed by atoms with E-state index in [0.29, 0.717) is 11.3 Å². The van der Waals surface area contributed by atoms with Gasteiger partial charge in [0.05, 0.1) is 18.6 Å². The molecule has 8 heteroatoms. The van der Waals surface area contributed by atoms with Crippen LogP contribution in [0.4, 0.5) is 0 Å². The van der Waals surface area contributed by atoms with Crippen molar-refractivity contribution in [2.45, 2.75) is 17.9 Å². The molecule has 0 aliphatic heterocycles. The fraction of sp³-hybridized carbons (Fsp3) is 0.364. The van der Waals surface area contributed by atoms with E-state index in [4.69, 9.17) is 14.9 Å². The second-order valence-corrected chi connectivity index (χ2v) is 5.54. The van der Waals surface area contributed by atoms with Crippen molar-refractivity contribution in [3.63, 3.8) is 0 Å². The molecule has 0 heterocycles. The maximum Gasteiger partial charge on any atom is 0.324 e. The first-order valence-corrected chi connectivity index (χ1v) is 6.80. The molecule has 0 aliphatic rings. The summed E-state index contributed by atoms with van der Waals surface area (Å²) < 4.78 is 30.8. The summed E-state index contributed by atoms with van der Waals surface area (Å²) in [5, 5.41) is 17.5. The zero-order valence-corrected chi connectivity index (χ0v) is 11.3. The molecule has 0 aliphatic carbocycles. The minimum Gasteiger partial charge on any atom is -0.496 e. The van der Waals surface area contributed by atoms with E-state index in [0.717, 1.165) is 0 Å². The molecule has 1 rings (SSSR count). The number of carboxylic acids is 1. The van der Waals surface area contributed by atoms with Gasteiger partial charge in [0.15, 0.2) is 0 Å². The van der Waals surface area contributed by atoms with Gasteiger partial charge in [-0.05, 0) is 30.7 Å². The van der Waals surface area contributed by atoms with E-state index in [9.17, 15) is 13.2 Å². The van der Waals surface area contributed by atoms with E-state index < -0.39 is 28.6 Å². The molecule has 1 atom stereocenters. The first kappa shape index (κ1) is 15.4. The van der Waals surface area contributed by atoms with E-state index >= 15 is 0 Å². The number of ether oxygens (including phenoxy) is 1. The van der Waals surface area contributed by atoms with Crippen LogP contribution in [0, 0.1) is 6.92 Å². The molecule has 1 unspecified atom stereocenters. The number of carboxylic acid groups (broad SMARTS) is 1.